The SMILES string of the molecule is CN(C)c1cccc2c(CNCC[N+](C)(C)C)cccc12.C[n+]1ccc(/C=C/c2ccc3ccc4cccc5ccc2c3c45)cc1. The van der Waals surface area contributed by atoms with Gasteiger partial charge in [0.2, 0.25) is 0 Å². The number of hydrogen-bond donors (Lipinski definition) is 1. The molecule has 1 aromatic heterocycles. The Morgan fingerprint density at radius 2 is 1.28 bits per heavy atom. The predicted molar refractivity (Wildman–Crippen MR) is 200 cm³/mol. The molecule has 1 N–H and O–H groups in total. The lowest BCUT2D eigenvalue weighted by Crippen LogP contribution is -2.40. The first-order valence-corrected chi connectivity index (χ1v) is 16.2. The summed E-state index contributed by atoms with van der Waals surface area (Å²) in [4.78, 5) is 2.18. The molecular formula is C42H46N4+2. The molecular weight excluding hydrogens is 560 g/mol. The molecule has 0 bridgehead atoms. The molecule has 6 aromatic carbocycles. The van der Waals surface area contributed by atoms with Crippen LogP contribution in [-0.2, 0) is 13.6 Å². The Hall–Kier alpha value is -4.77. The first-order valence-electron chi connectivity index (χ1n) is 16.2. The van der Waals surface area contributed by atoms with Crippen LogP contribution < -0.4 is 14.8 Å². The highest BCUT2D eigenvalue weighted by Crippen LogP contribution is 2.36. The van der Waals surface area contributed by atoms with Gasteiger partial charge in [0.15, 0.2) is 12.4 Å². The lowest BCUT2D eigenvalue weighted by molar-refractivity contribution is -0.869. The van der Waals surface area contributed by atoms with Crippen LogP contribution in [0.3, 0.4) is 0 Å². The Morgan fingerprint density at radius 1 is 0.652 bits per heavy atom. The third kappa shape index (κ3) is 6.89. The summed E-state index contributed by atoms with van der Waals surface area (Å²) in [7, 11) is 12.9. The van der Waals surface area contributed by atoms with Crippen LogP contribution in [0.25, 0.3) is 55.2 Å². The van der Waals surface area contributed by atoms with Crippen molar-refractivity contribution in [3.8, 4) is 0 Å². The Bertz CT molecular complexity index is 2100. The van der Waals surface area contributed by atoms with Crippen molar-refractivity contribution in [3.63, 3.8) is 0 Å². The Labute approximate surface area is 273 Å². The average Bonchev–Trinajstić information content (AvgIpc) is 3.05. The number of likely N-dealkylation sites (N-methyl/N-ethyl adjacent to an activating group) is 1. The van der Waals surface area contributed by atoms with Crippen molar-refractivity contribution in [1.29, 1.82) is 0 Å². The number of nitrogens with one attached hydrogen (secondary N) is 1. The second-order valence-corrected chi connectivity index (χ2v) is 13.5. The van der Waals surface area contributed by atoms with Gasteiger partial charge in [0, 0.05) is 50.4 Å². The van der Waals surface area contributed by atoms with Crippen LogP contribution in [-0.4, -0.2) is 52.8 Å². The van der Waals surface area contributed by atoms with Crippen LogP contribution in [0.5, 0.6) is 0 Å². The molecule has 0 saturated heterocycles. The standard InChI is InChI=1S/C24H18N.C18H28N3/c1-25-15-13-17(14-16-25)5-6-18-7-8-21-10-9-19-3-2-4-20-11-12-22(18)24(21)23(19)20;1-20(2)18-11-7-9-16-15(8-6-10-17(16)18)14-19-12-13-21(3,4)5/h2-16H,1H3;6-11,19H,12-14H2,1-5H3/q2*+1/b6-5+;. The molecule has 0 amide bonds. The number of quaternary nitrogens is 1. The molecule has 7 aromatic rings. The Morgan fingerprint density at radius 3 is 2.00 bits per heavy atom. The van der Waals surface area contributed by atoms with Crippen molar-refractivity contribution in [2.45, 2.75) is 6.54 Å². The summed E-state index contributed by atoms with van der Waals surface area (Å²) in [6, 6.07) is 37.4. The third-order valence-electron chi connectivity index (χ3n) is 8.77. The number of benzene rings is 6. The normalized spacial score (nSPS) is 12.0. The van der Waals surface area contributed by atoms with Gasteiger partial charge in [-0.25, -0.2) is 4.57 Å². The van der Waals surface area contributed by atoms with Crippen LogP contribution in [0.15, 0.2) is 116 Å². The fourth-order valence-electron chi connectivity index (χ4n) is 6.25. The van der Waals surface area contributed by atoms with Crippen molar-refractivity contribution < 1.29 is 9.05 Å². The molecule has 0 aliphatic rings. The van der Waals surface area contributed by atoms with E-state index in [4.69, 9.17) is 0 Å². The van der Waals surface area contributed by atoms with Crippen molar-refractivity contribution in [2.24, 2.45) is 7.05 Å². The largest absolute Gasteiger partial charge is 0.377 e. The predicted octanol–water partition coefficient (Wildman–Crippen LogP) is 8.28. The maximum absolute atomic E-state index is 3.57. The highest BCUT2D eigenvalue weighted by Gasteiger charge is 2.10. The molecule has 46 heavy (non-hydrogen) atoms. The van der Waals surface area contributed by atoms with E-state index in [0.717, 1.165) is 24.1 Å². The zero-order valence-electron chi connectivity index (χ0n) is 28.1. The molecule has 0 atom stereocenters. The summed E-state index contributed by atoms with van der Waals surface area (Å²) in [6.07, 6.45) is 8.56. The fourth-order valence-corrected chi connectivity index (χ4v) is 6.25. The van der Waals surface area contributed by atoms with Gasteiger partial charge in [0.1, 0.15) is 7.05 Å². The molecule has 0 saturated carbocycles. The molecule has 1 heterocycles. The molecule has 0 aliphatic heterocycles. The van der Waals surface area contributed by atoms with Gasteiger partial charge in [-0.15, -0.1) is 0 Å². The van der Waals surface area contributed by atoms with Crippen LogP contribution >= 0.6 is 0 Å². The zero-order chi connectivity index (χ0) is 32.3. The quantitative estimate of drug-likeness (QED) is 0.0813. The van der Waals surface area contributed by atoms with Gasteiger partial charge in [-0.05, 0) is 60.5 Å². The van der Waals surface area contributed by atoms with E-state index < -0.39 is 0 Å². The molecule has 4 nitrogen and oxygen atoms in total. The molecule has 0 spiro atoms. The van der Waals surface area contributed by atoms with Crippen LogP contribution in [0.4, 0.5) is 5.69 Å². The molecule has 0 radical (unpaired) electrons. The summed E-state index contributed by atoms with van der Waals surface area (Å²) in [5.74, 6) is 0. The second kappa shape index (κ2) is 13.3. The first kappa shape index (κ1) is 31.2. The number of nitrogens with zero attached hydrogens (tertiary/aromatic N) is 3. The van der Waals surface area contributed by atoms with Gasteiger partial charge in [0.05, 0.1) is 27.7 Å². The molecule has 7 rings (SSSR count). The van der Waals surface area contributed by atoms with Gasteiger partial charge in [-0.2, -0.15) is 0 Å². The van der Waals surface area contributed by atoms with E-state index >= 15 is 0 Å². The Kier molecular flexibility index (Phi) is 9.03. The minimum Gasteiger partial charge on any atom is -0.377 e. The van der Waals surface area contributed by atoms with Gasteiger partial charge in [0.25, 0.3) is 0 Å². The highest BCUT2D eigenvalue weighted by molar-refractivity contribution is 6.24. The van der Waals surface area contributed by atoms with Crippen molar-refractivity contribution >= 4 is 60.9 Å². The summed E-state index contributed by atoms with van der Waals surface area (Å²) in [6.45, 7) is 3.09. The lowest BCUT2D eigenvalue weighted by Gasteiger charge is -2.24. The number of fused-ring (bicyclic) bond motifs is 1. The average molecular weight is 607 g/mol. The molecule has 0 unspecified atom stereocenters. The minimum atomic E-state index is 0.925. The number of aryl methyl sites for hydroxylation is 1. The zero-order valence-corrected chi connectivity index (χ0v) is 28.1. The number of anilines is 1. The lowest BCUT2D eigenvalue weighted by atomic mass is 9.92. The summed E-state index contributed by atoms with van der Waals surface area (Å²) in [5.41, 5.74) is 5.13. The monoisotopic (exact) mass is 606 g/mol. The van der Waals surface area contributed by atoms with Gasteiger partial charge < -0.3 is 14.7 Å². The van der Waals surface area contributed by atoms with Crippen LogP contribution in [0.2, 0.25) is 0 Å². The smallest absolute Gasteiger partial charge is 0.169 e. The van der Waals surface area contributed by atoms with Crippen LogP contribution in [0.1, 0.15) is 16.7 Å². The van der Waals surface area contributed by atoms with Gasteiger partial charge in [-0.1, -0.05) is 97.1 Å². The topological polar surface area (TPSA) is 19.1 Å². The van der Waals surface area contributed by atoms with E-state index in [1.165, 1.54) is 65.5 Å². The number of rotatable bonds is 8. The number of pyridine rings is 1. The van der Waals surface area contributed by atoms with E-state index in [-0.39, 0.29) is 0 Å². The van der Waals surface area contributed by atoms with Crippen molar-refractivity contribution in [3.05, 3.63) is 132 Å². The second-order valence-electron chi connectivity index (χ2n) is 13.5. The van der Waals surface area contributed by atoms with Crippen LogP contribution in [0, 0.1) is 0 Å². The summed E-state index contributed by atoms with van der Waals surface area (Å²) >= 11 is 0. The summed E-state index contributed by atoms with van der Waals surface area (Å²) < 4.78 is 3.04. The third-order valence-corrected chi connectivity index (χ3v) is 8.77. The van der Waals surface area contributed by atoms with Crippen molar-refractivity contribution in [2.75, 3.05) is 53.2 Å². The maximum Gasteiger partial charge on any atom is 0.169 e. The molecule has 0 fully saturated rings. The molecule has 232 valence electrons. The summed E-state index contributed by atoms with van der Waals surface area (Å²) in [5, 5.41) is 14.2. The maximum atomic E-state index is 3.57. The van der Waals surface area contributed by atoms with E-state index in [2.05, 4.69) is 173 Å². The number of hydrogen-bond acceptors (Lipinski definition) is 2. The fraction of sp³-hybridized carbons (Fsp3) is 0.214. The van der Waals surface area contributed by atoms with E-state index in [1.807, 2.05) is 11.6 Å². The molecule has 4 heteroatoms. The van der Waals surface area contributed by atoms with E-state index in [1.54, 1.807) is 0 Å². The van der Waals surface area contributed by atoms with E-state index in [9.17, 15) is 0 Å². The van der Waals surface area contributed by atoms with Gasteiger partial charge >= 0.3 is 0 Å². The Balaban J connectivity index is 0.000000165. The molecule has 0 aliphatic carbocycles. The minimum absolute atomic E-state index is 0.925. The first-order chi connectivity index (χ1) is 22.2. The number of aromatic nitrogens is 1. The highest BCUT2D eigenvalue weighted by atomic mass is 15.3. The van der Waals surface area contributed by atoms with E-state index in [0.29, 0.717) is 0 Å². The van der Waals surface area contributed by atoms with Crippen molar-refractivity contribution in [1.82, 2.24) is 5.32 Å². The van der Waals surface area contributed by atoms with Gasteiger partial charge in [-0.3, -0.25) is 0 Å².